The van der Waals surface area contributed by atoms with Crippen molar-refractivity contribution in [2.45, 2.75) is 12.8 Å². The predicted molar refractivity (Wildman–Crippen MR) is 218 cm³/mol. The average molecular weight is 702 g/mol. The molecule has 0 amide bonds. The maximum absolute atomic E-state index is 16.9. The number of alkyl halides is 2. The zero-order valence-electron chi connectivity index (χ0n) is 29.5. The first-order chi connectivity index (χ1) is 26.5. The van der Waals surface area contributed by atoms with Gasteiger partial charge in [-0.2, -0.15) is 8.78 Å². The number of aromatic nitrogens is 3. The molecule has 0 bridgehead atoms. The summed E-state index contributed by atoms with van der Waals surface area (Å²) in [5, 5.41) is 2.01. The quantitative estimate of drug-likeness (QED) is 0.166. The fraction of sp³-hybridized carbons (Fsp3) is 0.0408. The van der Waals surface area contributed by atoms with Crippen LogP contribution in [0, 0.1) is 0 Å². The van der Waals surface area contributed by atoms with Crippen molar-refractivity contribution in [3.05, 3.63) is 187 Å². The monoisotopic (exact) mass is 701 g/mol. The predicted octanol–water partition coefficient (Wildman–Crippen LogP) is 13.2. The maximum atomic E-state index is 16.9. The third-order valence-electron chi connectivity index (χ3n) is 10.1. The summed E-state index contributed by atoms with van der Waals surface area (Å²) in [6.07, 6.45) is 5.94. The molecule has 1 aliphatic rings. The number of allylic oxidation sites excluding steroid dienone is 1. The van der Waals surface area contributed by atoms with Gasteiger partial charge in [-0.25, -0.2) is 15.0 Å². The molecule has 1 aromatic heterocycles. The normalized spacial score (nSPS) is 12.9. The molecule has 0 atom stereocenters. The van der Waals surface area contributed by atoms with Crippen LogP contribution in [-0.2, 0) is 5.92 Å². The molecule has 9 rings (SSSR count). The van der Waals surface area contributed by atoms with Crippen LogP contribution in [0.5, 0.6) is 0 Å². The number of nitrogens with zero attached hydrogens (tertiary/aromatic N) is 3. The second-order valence-corrected chi connectivity index (χ2v) is 13.3. The standard InChI is InChI=1S/C49H33F2N3/c1-3-16-39-36(4-2)45(41-24-15-14-23-40(41)44(39)31-17-8-5-9-18-31)34-25-27-37-38-28-26-35(30-43(38)49(50,51)42(37)29-34)48-53-46(32-19-10-6-11-20-32)52-47(54-48)33-21-12-7-13-22-33/h3-30H,2H2,1H3/b16-3-. The van der Waals surface area contributed by atoms with E-state index in [9.17, 15) is 0 Å². The van der Waals surface area contributed by atoms with E-state index in [1.54, 1.807) is 12.1 Å². The van der Waals surface area contributed by atoms with Crippen LogP contribution in [-0.4, -0.2) is 15.0 Å². The average Bonchev–Trinajstić information content (AvgIpc) is 3.45. The number of hydrogen-bond acceptors (Lipinski definition) is 3. The van der Waals surface area contributed by atoms with E-state index in [0.717, 1.165) is 49.7 Å². The van der Waals surface area contributed by atoms with Crippen molar-refractivity contribution in [2.24, 2.45) is 0 Å². The summed E-state index contributed by atoms with van der Waals surface area (Å²) < 4.78 is 33.8. The summed E-state index contributed by atoms with van der Waals surface area (Å²) in [5.41, 5.74) is 8.64. The van der Waals surface area contributed by atoms with E-state index in [2.05, 4.69) is 36.9 Å². The maximum Gasteiger partial charge on any atom is 0.299 e. The van der Waals surface area contributed by atoms with Crippen molar-refractivity contribution in [3.8, 4) is 67.5 Å². The first kappa shape index (κ1) is 33.0. The van der Waals surface area contributed by atoms with Gasteiger partial charge in [-0.05, 0) is 74.3 Å². The molecule has 1 aliphatic carbocycles. The molecule has 0 spiro atoms. The zero-order valence-corrected chi connectivity index (χ0v) is 29.5. The van der Waals surface area contributed by atoms with Crippen LogP contribution < -0.4 is 0 Å². The Labute approximate surface area is 312 Å². The van der Waals surface area contributed by atoms with Gasteiger partial charge in [0.05, 0.1) is 0 Å². The second kappa shape index (κ2) is 13.3. The molecular formula is C49H33F2N3. The minimum absolute atomic E-state index is 0.0310. The lowest BCUT2D eigenvalue weighted by molar-refractivity contribution is 0.0481. The summed E-state index contributed by atoms with van der Waals surface area (Å²) in [6.45, 7) is 6.21. The molecule has 0 unspecified atom stereocenters. The Kier molecular flexibility index (Phi) is 8.12. The van der Waals surface area contributed by atoms with E-state index in [0.29, 0.717) is 39.7 Å². The van der Waals surface area contributed by atoms with Gasteiger partial charge in [0.15, 0.2) is 17.5 Å². The van der Waals surface area contributed by atoms with E-state index in [-0.39, 0.29) is 11.1 Å². The van der Waals surface area contributed by atoms with Crippen LogP contribution >= 0.6 is 0 Å². The summed E-state index contributed by atoms with van der Waals surface area (Å²) >= 11 is 0. The third kappa shape index (κ3) is 5.44. The molecule has 0 saturated heterocycles. The van der Waals surface area contributed by atoms with Gasteiger partial charge in [-0.3, -0.25) is 0 Å². The third-order valence-corrected chi connectivity index (χ3v) is 10.1. The van der Waals surface area contributed by atoms with Crippen molar-refractivity contribution in [3.63, 3.8) is 0 Å². The Bertz CT molecular complexity index is 2700. The largest absolute Gasteiger partial charge is 0.299 e. The molecule has 7 aromatic carbocycles. The topological polar surface area (TPSA) is 38.7 Å². The van der Waals surface area contributed by atoms with Gasteiger partial charge in [-0.15, -0.1) is 0 Å². The fourth-order valence-corrected chi connectivity index (χ4v) is 7.71. The van der Waals surface area contributed by atoms with Gasteiger partial charge in [-0.1, -0.05) is 164 Å². The molecule has 0 radical (unpaired) electrons. The van der Waals surface area contributed by atoms with Gasteiger partial charge >= 0.3 is 0 Å². The zero-order chi connectivity index (χ0) is 36.8. The number of fused-ring (bicyclic) bond motifs is 4. The molecule has 5 heteroatoms. The minimum atomic E-state index is -3.27. The minimum Gasteiger partial charge on any atom is -0.208 e. The van der Waals surface area contributed by atoms with Crippen LogP contribution in [0.1, 0.15) is 29.2 Å². The molecule has 3 nitrogen and oxygen atoms in total. The van der Waals surface area contributed by atoms with Gasteiger partial charge in [0.2, 0.25) is 0 Å². The van der Waals surface area contributed by atoms with Crippen molar-refractivity contribution in [1.29, 1.82) is 0 Å². The van der Waals surface area contributed by atoms with Crippen LogP contribution in [0.15, 0.2) is 164 Å². The number of benzene rings is 7. The Morgan fingerprint density at radius 2 is 0.907 bits per heavy atom. The summed E-state index contributed by atoms with van der Waals surface area (Å²) in [7, 11) is 0. The van der Waals surface area contributed by atoms with Crippen molar-refractivity contribution in [2.75, 3.05) is 0 Å². The van der Waals surface area contributed by atoms with E-state index < -0.39 is 5.92 Å². The summed E-state index contributed by atoms with van der Waals surface area (Å²) in [6, 6.07) is 48.3. The van der Waals surface area contributed by atoms with Crippen LogP contribution in [0.3, 0.4) is 0 Å². The van der Waals surface area contributed by atoms with Crippen LogP contribution in [0.2, 0.25) is 0 Å². The summed E-state index contributed by atoms with van der Waals surface area (Å²) in [5.74, 6) is -2.00. The lowest BCUT2D eigenvalue weighted by atomic mass is 9.83. The fourth-order valence-electron chi connectivity index (χ4n) is 7.71. The first-order valence-electron chi connectivity index (χ1n) is 17.9. The highest BCUT2D eigenvalue weighted by molar-refractivity contribution is 6.12. The number of halogens is 2. The van der Waals surface area contributed by atoms with Crippen LogP contribution in [0.4, 0.5) is 8.78 Å². The SMILES string of the molecule is C=Cc1c(/C=C\C)c(-c2ccccc2)c2ccccc2c1-c1ccc2c(c1)C(F)(F)c1cc(-c3nc(-c4ccccc4)nc(-c4ccccc4)n3)ccc1-2. The Morgan fingerprint density at radius 1 is 0.481 bits per heavy atom. The van der Waals surface area contributed by atoms with Crippen molar-refractivity contribution >= 4 is 22.9 Å². The number of rotatable bonds is 7. The molecule has 0 fully saturated rings. The lowest BCUT2D eigenvalue weighted by Gasteiger charge is -2.21. The highest BCUT2D eigenvalue weighted by atomic mass is 19.3. The Morgan fingerprint density at radius 3 is 1.41 bits per heavy atom. The van der Waals surface area contributed by atoms with E-state index in [1.807, 2.05) is 128 Å². The van der Waals surface area contributed by atoms with Gasteiger partial charge in [0.25, 0.3) is 5.92 Å². The van der Waals surface area contributed by atoms with Gasteiger partial charge in [0, 0.05) is 27.8 Å². The van der Waals surface area contributed by atoms with Crippen molar-refractivity contribution in [1.82, 2.24) is 15.0 Å². The van der Waals surface area contributed by atoms with E-state index in [4.69, 9.17) is 15.0 Å². The van der Waals surface area contributed by atoms with Crippen molar-refractivity contribution < 1.29 is 8.78 Å². The van der Waals surface area contributed by atoms with E-state index in [1.165, 1.54) is 6.07 Å². The Balaban J connectivity index is 1.19. The molecular weight excluding hydrogens is 669 g/mol. The lowest BCUT2D eigenvalue weighted by Crippen LogP contribution is -2.11. The van der Waals surface area contributed by atoms with Gasteiger partial charge in [0.1, 0.15) is 0 Å². The molecule has 0 saturated carbocycles. The summed E-state index contributed by atoms with van der Waals surface area (Å²) in [4.78, 5) is 14.4. The highest BCUT2D eigenvalue weighted by Gasteiger charge is 2.45. The molecule has 258 valence electrons. The molecule has 0 aliphatic heterocycles. The van der Waals surface area contributed by atoms with E-state index >= 15 is 8.78 Å². The first-order valence-corrected chi connectivity index (χ1v) is 17.9. The van der Waals surface area contributed by atoms with Gasteiger partial charge < -0.3 is 0 Å². The molecule has 1 heterocycles. The smallest absolute Gasteiger partial charge is 0.208 e. The molecule has 0 N–H and O–H groups in total. The van der Waals surface area contributed by atoms with Crippen LogP contribution in [0.25, 0.3) is 90.5 Å². The number of hydrogen-bond donors (Lipinski definition) is 0. The molecule has 54 heavy (non-hydrogen) atoms. The Hall–Kier alpha value is -6.85. The second-order valence-electron chi connectivity index (χ2n) is 13.3. The molecule has 8 aromatic rings. The highest BCUT2D eigenvalue weighted by Crippen LogP contribution is 2.53.